The molecular weight excluding hydrogens is 388 g/mol. The van der Waals surface area contributed by atoms with Crippen LogP contribution in [0.15, 0.2) is 11.8 Å². The summed E-state index contributed by atoms with van der Waals surface area (Å²) in [4.78, 5) is 34.7. The third-order valence-electron chi connectivity index (χ3n) is 6.86. The van der Waals surface area contributed by atoms with Crippen LogP contribution in [-0.2, 0) is 9.59 Å². The van der Waals surface area contributed by atoms with Gasteiger partial charge in [-0.15, -0.1) is 0 Å². The second-order valence-corrected chi connectivity index (χ2v) is 9.85. The monoisotopic (exact) mass is 434 g/mol. The van der Waals surface area contributed by atoms with Crippen molar-refractivity contribution in [1.82, 2.24) is 19.6 Å². The number of Topliss-reactive ketones (excluding diaryl/α,β-unsaturated/α-hetero) is 1. The average molecular weight is 435 g/mol. The number of fused-ring (bicyclic) bond motifs is 1. The molecule has 0 unspecified atom stereocenters. The van der Waals surface area contributed by atoms with Crippen LogP contribution >= 0.6 is 0 Å². The van der Waals surface area contributed by atoms with Gasteiger partial charge in [0.15, 0.2) is 5.78 Å². The lowest BCUT2D eigenvalue weighted by Gasteiger charge is -2.47. The number of hydrogen-bond donors (Lipinski definition) is 0. The molecule has 1 saturated carbocycles. The van der Waals surface area contributed by atoms with Crippen molar-refractivity contribution < 1.29 is 9.59 Å². The number of ketones is 1. The van der Waals surface area contributed by atoms with Crippen molar-refractivity contribution >= 4 is 11.7 Å². The Bertz CT molecular complexity index is 619. The molecule has 0 N–H and O–H groups in total. The topological polar surface area (TPSA) is 47.1 Å². The summed E-state index contributed by atoms with van der Waals surface area (Å²) in [5.41, 5.74) is 0.968. The van der Waals surface area contributed by atoms with Crippen molar-refractivity contribution in [3.63, 3.8) is 0 Å². The molecule has 2 rings (SSSR count). The summed E-state index contributed by atoms with van der Waals surface area (Å²) in [7, 11) is 6.10. The van der Waals surface area contributed by atoms with E-state index < -0.39 is 0 Å². The van der Waals surface area contributed by atoms with Gasteiger partial charge in [0.25, 0.3) is 0 Å². The Morgan fingerprint density at radius 3 is 2.42 bits per heavy atom. The summed E-state index contributed by atoms with van der Waals surface area (Å²) >= 11 is 0. The quantitative estimate of drug-likeness (QED) is 0.468. The highest BCUT2D eigenvalue weighted by molar-refractivity contribution is 5.96. The minimum Gasteiger partial charge on any atom is -0.383 e. The van der Waals surface area contributed by atoms with Gasteiger partial charge in [-0.05, 0) is 64.6 Å². The van der Waals surface area contributed by atoms with E-state index in [9.17, 15) is 9.59 Å². The first-order chi connectivity index (χ1) is 14.8. The van der Waals surface area contributed by atoms with E-state index in [0.29, 0.717) is 36.5 Å². The maximum absolute atomic E-state index is 13.1. The van der Waals surface area contributed by atoms with E-state index in [0.717, 1.165) is 70.5 Å². The zero-order chi connectivity index (χ0) is 23.0. The van der Waals surface area contributed by atoms with Crippen LogP contribution in [0.1, 0.15) is 59.3 Å². The van der Waals surface area contributed by atoms with Gasteiger partial charge in [-0.2, -0.15) is 0 Å². The Kier molecular flexibility index (Phi) is 10.5. The second-order valence-electron chi connectivity index (χ2n) is 9.85. The van der Waals surface area contributed by atoms with Crippen molar-refractivity contribution in [2.75, 3.05) is 60.4 Å². The summed E-state index contributed by atoms with van der Waals surface area (Å²) in [6.45, 7) is 12.1. The Hall–Kier alpha value is -1.40. The summed E-state index contributed by atoms with van der Waals surface area (Å²) in [6, 6.07) is 0.445. The Morgan fingerprint density at radius 1 is 1.06 bits per heavy atom. The van der Waals surface area contributed by atoms with Gasteiger partial charge in [-0.25, -0.2) is 0 Å². The predicted molar refractivity (Wildman–Crippen MR) is 128 cm³/mol. The molecule has 1 saturated heterocycles. The Balaban J connectivity index is 2.01. The van der Waals surface area contributed by atoms with E-state index in [4.69, 9.17) is 0 Å². The molecule has 178 valence electrons. The van der Waals surface area contributed by atoms with E-state index in [2.05, 4.69) is 37.6 Å². The molecular formula is C25H46N4O2. The first-order valence-electron chi connectivity index (χ1n) is 12.4. The fourth-order valence-corrected chi connectivity index (χ4v) is 5.40. The number of carbonyl (C=O) groups excluding carboxylic acids is 2. The number of likely N-dealkylation sites (tertiary alicyclic amines) is 1. The third-order valence-corrected chi connectivity index (χ3v) is 6.86. The first-order valence-corrected chi connectivity index (χ1v) is 12.4. The van der Waals surface area contributed by atoms with Crippen LogP contribution in [0, 0.1) is 11.8 Å². The SMILES string of the molecule is CCCN(C)CCN(CC)C(=O)C[C@H]1C[C@@H]2CC(=O)C(=CN(C)C)C[C@H]2N(CCC)C1. The second kappa shape index (κ2) is 12.6. The molecule has 0 bridgehead atoms. The lowest BCUT2D eigenvalue weighted by molar-refractivity contribution is -0.133. The maximum Gasteiger partial charge on any atom is 0.222 e. The predicted octanol–water partition coefficient (Wildman–Crippen LogP) is 3.09. The van der Waals surface area contributed by atoms with Gasteiger partial charge in [0.1, 0.15) is 0 Å². The Labute approximate surface area is 190 Å². The Morgan fingerprint density at radius 2 is 1.81 bits per heavy atom. The van der Waals surface area contributed by atoms with Crippen LogP contribution in [0.2, 0.25) is 0 Å². The number of piperidine rings is 1. The maximum atomic E-state index is 13.1. The van der Waals surface area contributed by atoms with Crippen molar-refractivity contribution in [2.24, 2.45) is 11.8 Å². The van der Waals surface area contributed by atoms with E-state index in [1.807, 2.05) is 30.1 Å². The van der Waals surface area contributed by atoms with Gasteiger partial charge in [0.2, 0.25) is 5.91 Å². The lowest BCUT2D eigenvalue weighted by Crippen LogP contribution is -2.52. The smallest absolute Gasteiger partial charge is 0.222 e. The minimum atomic E-state index is 0.280. The highest BCUT2D eigenvalue weighted by atomic mass is 16.2. The van der Waals surface area contributed by atoms with Crippen LogP contribution in [-0.4, -0.2) is 97.7 Å². The molecule has 1 aliphatic heterocycles. The van der Waals surface area contributed by atoms with E-state index in [-0.39, 0.29) is 5.91 Å². The fraction of sp³-hybridized carbons (Fsp3) is 0.840. The van der Waals surface area contributed by atoms with Gasteiger partial charge in [-0.3, -0.25) is 14.5 Å². The van der Waals surface area contributed by atoms with Crippen LogP contribution in [0.5, 0.6) is 0 Å². The van der Waals surface area contributed by atoms with Crippen molar-refractivity contribution in [3.8, 4) is 0 Å². The third kappa shape index (κ3) is 7.60. The molecule has 2 fully saturated rings. The summed E-state index contributed by atoms with van der Waals surface area (Å²) < 4.78 is 0. The van der Waals surface area contributed by atoms with Gasteiger partial charge in [0.05, 0.1) is 0 Å². The highest BCUT2D eigenvalue weighted by Gasteiger charge is 2.41. The molecule has 6 heteroatoms. The van der Waals surface area contributed by atoms with Crippen LogP contribution in [0.4, 0.5) is 0 Å². The molecule has 3 atom stereocenters. The molecule has 0 aromatic rings. The molecule has 0 aromatic heterocycles. The molecule has 31 heavy (non-hydrogen) atoms. The number of rotatable bonds is 11. The number of likely N-dealkylation sites (N-methyl/N-ethyl adjacent to an activating group) is 2. The van der Waals surface area contributed by atoms with Gasteiger partial charge >= 0.3 is 0 Å². The standard InChI is InChI=1S/C25H46N4O2/c1-7-10-27(6)12-13-28(9-3)25(31)15-20-14-21-17-24(30)22(19-26(4)5)16-23(21)29(18-20)11-8-2/h19-21,23H,7-18H2,1-6H3/t20-,21-,23-/m1/s1. The normalized spacial score (nSPS) is 25.7. The molecule has 1 amide bonds. The zero-order valence-electron chi connectivity index (χ0n) is 20.9. The van der Waals surface area contributed by atoms with Crippen molar-refractivity contribution in [1.29, 1.82) is 0 Å². The average Bonchev–Trinajstić information content (AvgIpc) is 2.69. The molecule has 0 aromatic carbocycles. The molecule has 0 radical (unpaired) electrons. The van der Waals surface area contributed by atoms with Gasteiger partial charge in [0, 0.05) is 70.9 Å². The van der Waals surface area contributed by atoms with E-state index in [1.165, 1.54) is 0 Å². The molecule has 0 spiro atoms. The minimum absolute atomic E-state index is 0.280. The number of nitrogens with zero attached hydrogens (tertiary/aromatic N) is 4. The zero-order valence-corrected chi connectivity index (χ0v) is 20.9. The first kappa shape index (κ1) is 25.9. The van der Waals surface area contributed by atoms with Crippen molar-refractivity contribution in [3.05, 3.63) is 11.8 Å². The summed E-state index contributed by atoms with van der Waals surface area (Å²) in [6.07, 6.45) is 7.36. The van der Waals surface area contributed by atoms with Gasteiger partial charge < -0.3 is 14.7 Å². The van der Waals surface area contributed by atoms with Gasteiger partial charge in [-0.1, -0.05) is 13.8 Å². The summed E-state index contributed by atoms with van der Waals surface area (Å²) in [5.74, 6) is 1.32. The van der Waals surface area contributed by atoms with Crippen LogP contribution in [0.3, 0.4) is 0 Å². The number of carbonyl (C=O) groups is 2. The van der Waals surface area contributed by atoms with E-state index >= 15 is 0 Å². The number of hydrogen-bond acceptors (Lipinski definition) is 5. The number of amides is 1. The molecule has 1 aliphatic carbocycles. The van der Waals surface area contributed by atoms with Crippen LogP contribution in [0.25, 0.3) is 0 Å². The lowest BCUT2D eigenvalue weighted by atomic mass is 9.72. The fourth-order valence-electron chi connectivity index (χ4n) is 5.40. The van der Waals surface area contributed by atoms with Crippen LogP contribution < -0.4 is 0 Å². The van der Waals surface area contributed by atoms with E-state index in [1.54, 1.807) is 0 Å². The largest absolute Gasteiger partial charge is 0.383 e. The molecule has 1 heterocycles. The summed E-state index contributed by atoms with van der Waals surface area (Å²) in [5, 5.41) is 0. The molecule has 2 aliphatic rings. The molecule has 6 nitrogen and oxygen atoms in total. The van der Waals surface area contributed by atoms with Crippen molar-refractivity contribution in [2.45, 2.75) is 65.3 Å². The highest BCUT2D eigenvalue weighted by Crippen LogP contribution is 2.39.